The molecule has 0 aliphatic heterocycles. The molecule has 2 fully saturated rings. The summed E-state index contributed by atoms with van der Waals surface area (Å²) in [5.41, 5.74) is 2.86. The third-order valence-corrected chi connectivity index (χ3v) is 7.69. The van der Waals surface area contributed by atoms with Crippen molar-refractivity contribution in [3.8, 4) is 0 Å². The molecule has 2 aliphatic carbocycles. The van der Waals surface area contributed by atoms with Gasteiger partial charge in [0.2, 0.25) is 0 Å². The molecular weight excluding hydrogens is 364 g/mol. The molecule has 3 rings (SSSR count). The third kappa shape index (κ3) is 7.41. The first kappa shape index (κ1) is 23.3. The lowest BCUT2D eigenvalue weighted by Crippen LogP contribution is -2.25. The Morgan fingerprint density at radius 2 is 1.37 bits per heavy atom. The molecule has 2 aliphatic rings. The van der Waals surface area contributed by atoms with Crippen LogP contribution >= 0.6 is 0 Å². The van der Waals surface area contributed by atoms with Gasteiger partial charge in [-0.15, -0.1) is 0 Å². The van der Waals surface area contributed by atoms with Crippen LogP contribution in [0.15, 0.2) is 48.6 Å². The van der Waals surface area contributed by atoms with E-state index < -0.39 is 0 Å². The summed E-state index contributed by atoms with van der Waals surface area (Å²) in [5, 5.41) is 0. The van der Waals surface area contributed by atoms with E-state index in [0.717, 1.165) is 43.3 Å². The average Bonchev–Trinajstić information content (AvgIpc) is 2.80. The topological polar surface area (TPSA) is 9.23 Å². The first-order valence-electron chi connectivity index (χ1n) is 12.7. The monoisotopic (exact) mass is 408 g/mol. The predicted octanol–water partition coefficient (Wildman–Crippen LogP) is 8.61. The lowest BCUT2D eigenvalue weighted by Gasteiger charge is -2.38. The fourth-order valence-electron chi connectivity index (χ4n) is 5.76. The Morgan fingerprint density at radius 1 is 0.767 bits per heavy atom. The lowest BCUT2D eigenvalue weighted by molar-refractivity contribution is 0.125. The van der Waals surface area contributed by atoms with Crippen LogP contribution in [0.3, 0.4) is 0 Å². The van der Waals surface area contributed by atoms with Crippen molar-refractivity contribution in [3.05, 3.63) is 59.7 Å². The van der Waals surface area contributed by atoms with Crippen molar-refractivity contribution in [2.24, 2.45) is 17.8 Å². The summed E-state index contributed by atoms with van der Waals surface area (Å²) in [4.78, 5) is 0. The first-order chi connectivity index (χ1) is 14.8. The maximum absolute atomic E-state index is 5.77. The Hall–Kier alpha value is -1.34. The minimum atomic E-state index is 0.738. The Balaban J connectivity index is 1.36. The van der Waals surface area contributed by atoms with E-state index in [4.69, 9.17) is 4.74 Å². The fourth-order valence-corrected chi connectivity index (χ4v) is 5.76. The van der Waals surface area contributed by atoms with E-state index in [2.05, 4.69) is 62.4 Å². The highest BCUT2D eigenvalue weighted by Gasteiger charge is 2.31. The lowest BCUT2D eigenvalue weighted by atomic mass is 9.68. The molecular formula is C29H44O. The highest BCUT2D eigenvalue weighted by molar-refractivity contribution is 5.25. The van der Waals surface area contributed by atoms with E-state index in [9.17, 15) is 0 Å². The molecule has 30 heavy (non-hydrogen) atoms. The van der Waals surface area contributed by atoms with Gasteiger partial charge in [-0.05, 0) is 106 Å². The highest BCUT2D eigenvalue weighted by atomic mass is 16.5. The average molecular weight is 409 g/mol. The molecule has 0 bridgehead atoms. The van der Waals surface area contributed by atoms with E-state index in [-0.39, 0.29) is 0 Å². The largest absolute Gasteiger partial charge is 0.376 e. The summed E-state index contributed by atoms with van der Waals surface area (Å²) in [7, 11) is 0. The van der Waals surface area contributed by atoms with Crippen molar-refractivity contribution >= 4 is 0 Å². The Bertz CT molecular complexity index is 625. The second-order valence-corrected chi connectivity index (χ2v) is 9.69. The Kier molecular flexibility index (Phi) is 10.2. The maximum Gasteiger partial charge on any atom is 0.0717 e. The first-order valence-corrected chi connectivity index (χ1v) is 12.7. The SMILES string of the molecule is C/C=C/CCOCc1ccc(C2CCC(C3CCC(CC/C=C/C)CC3)CC2)cc1. The van der Waals surface area contributed by atoms with Crippen molar-refractivity contribution in [1.29, 1.82) is 0 Å². The van der Waals surface area contributed by atoms with Crippen LogP contribution in [0.2, 0.25) is 0 Å². The second-order valence-electron chi connectivity index (χ2n) is 9.69. The van der Waals surface area contributed by atoms with E-state index in [1.54, 1.807) is 5.56 Å². The van der Waals surface area contributed by atoms with Crippen LogP contribution in [0.4, 0.5) is 0 Å². The standard InChI is InChI=1S/C29H44O/c1-3-5-7-9-24-10-14-26(15-11-24)28-18-20-29(21-19-28)27-16-12-25(13-17-27)23-30-22-8-6-4-2/h3-6,12-13,16-17,24,26,28-29H,7-11,14-15,18-23H2,1-2H3/b5-3+,6-4+. The highest BCUT2D eigenvalue weighted by Crippen LogP contribution is 2.44. The van der Waals surface area contributed by atoms with Gasteiger partial charge in [0.1, 0.15) is 0 Å². The zero-order valence-corrected chi connectivity index (χ0v) is 19.5. The molecule has 0 amide bonds. The van der Waals surface area contributed by atoms with E-state index in [0.29, 0.717) is 0 Å². The molecule has 1 aromatic carbocycles. The van der Waals surface area contributed by atoms with Gasteiger partial charge in [-0.25, -0.2) is 0 Å². The number of rotatable bonds is 10. The van der Waals surface area contributed by atoms with Crippen molar-refractivity contribution < 1.29 is 4.74 Å². The molecule has 1 aromatic rings. The van der Waals surface area contributed by atoms with Crippen molar-refractivity contribution in [3.63, 3.8) is 0 Å². The number of hydrogen-bond donors (Lipinski definition) is 0. The summed E-state index contributed by atoms with van der Waals surface area (Å²) in [6, 6.07) is 9.30. The molecule has 0 atom stereocenters. The molecule has 0 unspecified atom stereocenters. The zero-order chi connectivity index (χ0) is 21.0. The van der Waals surface area contributed by atoms with Gasteiger partial charge in [-0.2, -0.15) is 0 Å². The molecule has 2 saturated carbocycles. The fraction of sp³-hybridized carbons (Fsp3) is 0.655. The van der Waals surface area contributed by atoms with Crippen LogP contribution in [0.5, 0.6) is 0 Å². The number of ether oxygens (including phenoxy) is 1. The van der Waals surface area contributed by atoms with Crippen LogP contribution in [-0.2, 0) is 11.3 Å². The maximum atomic E-state index is 5.77. The molecule has 1 nitrogen and oxygen atoms in total. The molecule has 1 heteroatoms. The van der Waals surface area contributed by atoms with Crippen molar-refractivity contribution in [2.45, 2.75) is 97.0 Å². The van der Waals surface area contributed by atoms with Crippen LogP contribution in [0.25, 0.3) is 0 Å². The minimum absolute atomic E-state index is 0.738. The van der Waals surface area contributed by atoms with E-state index in [1.807, 2.05) is 0 Å². The van der Waals surface area contributed by atoms with Crippen LogP contribution in [0.1, 0.15) is 102 Å². The van der Waals surface area contributed by atoms with Gasteiger partial charge in [-0.3, -0.25) is 0 Å². The van der Waals surface area contributed by atoms with Crippen LogP contribution in [0, 0.1) is 17.8 Å². The second kappa shape index (κ2) is 13.2. The van der Waals surface area contributed by atoms with Crippen molar-refractivity contribution in [1.82, 2.24) is 0 Å². The number of benzene rings is 1. The molecule has 0 heterocycles. The third-order valence-electron chi connectivity index (χ3n) is 7.69. The van der Waals surface area contributed by atoms with Gasteiger partial charge in [0.15, 0.2) is 0 Å². The van der Waals surface area contributed by atoms with Gasteiger partial charge in [0.05, 0.1) is 13.2 Å². The smallest absolute Gasteiger partial charge is 0.0717 e. The summed E-state index contributed by atoms with van der Waals surface area (Å²) in [6.07, 6.45) is 24.2. The van der Waals surface area contributed by atoms with Crippen LogP contribution in [-0.4, -0.2) is 6.61 Å². The van der Waals surface area contributed by atoms with E-state index >= 15 is 0 Å². The molecule has 0 radical (unpaired) electrons. The summed E-state index contributed by atoms with van der Waals surface area (Å²) in [6.45, 7) is 5.75. The van der Waals surface area contributed by atoms with Crippen LogP contribution < -0.4 is 0 Å². The quantitative estimate of drug-likeness (QED) is 0.278. The minimum Gasteiger partial charge on any atom is -0.376 e. The summed E-state index contributed by atoms with van der Waals surface area (Å²) >= 11 is 0. The number of hydrogen-bond acceptors (Lipinski definition) is 1. The molecule has 0 spiro atoms. The van der Waals surface area contributed by atoms with Crippen molar-refractivity contribution in [2.75, 3.05) is 6.61 Å². The van der Waals surface area contributed by atoms with Gasteiger partial charge in [0, 0.05) is 0 Å². The number of allylic oxidation sites excluding steroid dienone is 3. The Labute approximate surface area is 186 Å². The molecule has 166 valence electrons. The molecule has 0 N–H and O–H groups in total. The van der Waals surface area contributed by atoms with E-state index in [1.165, 1.54) is 69.8 Å². The van der Waals surface area contributed by atoms with Gasteiger partial charge in [-0.1, -0.05) is 61.4 Å². The van der Waals surface area contributed by atoms with Gasteiger partial charge < -0.3 is 4.74 Å². The van der Waals surface area contributed by atoms with Gasteiger partial charge >= 0.3 is 0 Å². The summed E-state index contributed by atoms with van der Waals surface area (Å²) < 4.78 is 5.77. The Morgan fingerprint density at radius 3 is 2.00 bits per heavy atom. The zero-order valence-electron chi connectivity index (χ0n) is 19.5. The predicted molar refractivity (Wildman–Crippen MR) is 130 cm³/mol. The molecule has 0 saturated heterocycles. The summed E-state index contributed by atoms with van der Waals surface area (Å²) in [5.74, 6) is 3.80. The normalized spacial score (nSPS) is 27.8. The molecule has 0 aromatic heterocycles. The van der Waals surface area contributed by atoms with Gasteiger partial charge in [0.25, 0.3) is 0 Å².